The minimum atomic E-state index is -0.337. The highest BCUT2D eigenvalue weighted by Crippen LogP contribution is 2.29. The number of fused-ring (bicyclic) bond motifs is 1. The van der Waals surface area contributed by atoms with Crippen LogP contribution in [0.2, 0.25) is 10.2 Å². The number of nitriles is 1. The molecule has 9 nitrogen and oxygen atoms in total. The molecule has 0 unspecified atom stereocenters. The minimum absolute atomic E-state index is 0.309. The summed E-state index contributed by atoms with van der Waals surface area (Å²) in [6, 6.07) is 8.76. The van der Waals surface area contributed by atoms with E-state index in [-0.39, 0.29) is 5.69 Å². The van der Waals surface area contributed by atoms with Crippen LogP contribution in [0.3, 0.4) is 0 Å². The van der Waals surface area contributed by atoms with Gasteiger partial charge in [-0.15, -0.1) is 0 Å². The summed E-state index contributed by atoms with van der Waals surface area (Å²) in [7, 11) is 0. The molecule has 0 amide bonds. The lowest BCUT2D eigenvalue weighted by Crippen LogP contribution is -2.58. The number of piperazine rings is 1. The van der Waals surface area contributed by atoms with Crippen LogP contribution in [0.4, 0.5) is 5.82 Å². The molecule has 2 aliphatic rings. The first-order valence-electron chi connectivity index (χ1n) is 12.0. The van der Waals surface area contributed by atoms with E-state index >= 15 is 0 Å². The van der Waals surface area contributed by atoms with Crippen LogP contribution in [0.25, 0.3) is 11.3 Å². The second-order valence-corrected chi connectivity index (χ2v) is 10.1. The van der Waals surface area contributed by atoms with Gasteiger partial charge in [0.1, 0.15) is 0 Å². The van der Waals surface area contributed by atoms with Crippen LogP contribution in [0.5, 0.6) is 0 Å². The molecule has 0 spiro atoms. The summed E-state index contributed by atoms with van der Waals surface area (Å²) in [5.41, 5.74) is 2.16. The van der Waals surface area contributed by atoms with Gasteiger partial charge in [0, 0.05) is 43.3 Å². The van der Waals surface area contributed by atoms with Gasteiger partial charge in [0.2, 0.25) is 0 Å². The van der Waals surface area contributed by atoms with E-state index in [0.29, 0.717) is 44.9 Å². The number of nitrogens with one attached hydrogen (secondary N) is 2. The smallest absolute Gasteiger partial charge is 0.326 e. The second kappa shape index (κ2) is 10.2. The summed E-state index contributed by atoms with van der Waals surface area (Å²) >= 11 is 12.5. The fourth-order valence-electron chi connectivity index (χ4n) is 5.37. The zero-order valence-electron chi connectivity index (χ0n) is 19.6. The largest absolute Gasteiger partial charge is 0.351 e. The van der Waals surface area contributed by atoms with Crippen molar-refractivity contribution in [3.63, 3.8) is 0 Å². The van der Waals surface area contributed by atoms with Gasteiger partial charge >= 0.3 is 5.69 Å². The van der Waals surface area contributed by atoms with Crippen LogP contribution >= 0.6 is 23.2 Å². The van der Waals surface area contributed by atoms with Crippen molar-refractivity contribution in [2.75, 3.05) is 37.6 Å². The molecule has 2 aromatic heterocycles. The SMILES string of the molecule is CC[C@H]1CN(c2nc3[nH]c(=O)[nH]c3nc2Cl)CCN1C1CCN(Cc2ccc(Cl)cc2C#N)CC1. The number of nitrogens with zero attached hydrogens (tertiary/aromatic N) is 6. The molecule has 3 aromatic rings. The summed E-state index contributed by atoms with van der Waals surface area (Å²) in [6.07, 6.45) is 3.23. The lowest BCUT2D eigenvalue weighted by Gasteiger charge is -2.47. The highest BCUT2D eigenvalue weighted by molar-refractivity contribution is 6.32. The average molecular weight is 515 g/mol. The zero-order chi connectivity index (χ0) is 24.5. The number of anilines is 1. The number of hydrogen-bond acceptors (Lipinski definition) is 7. The van der Waals surface area contributed by atoms with Gasteiger partial charge in [-0.05, 0) is 50.0 Å². The molecule has 2 fully saturated rings. The van der Waals surface area contributed by atoms with Crippen LogP contribution in [0, 0.1) is 11.3 Å². The van der Waals surface area contributed by atoms with Crippen LogP contribution in [-0.2, 0) is 6.54 Å². The number of piperidine rings is 1. The van der Waals surface area contributed by atoms with Gasteiger partial charge in [0.25, 0.3) is 0 Å². The standard InChI is InChI=1S/C24H28Cl2N8O/c1-2-18-14-33(23-20(26)28-21-22(29-23)31-24(35)30-21)9-10-34(18)19-5-7-32(8-6-19)13-15-3-4-17(25)11-16(15)12-27/h3-4,11,18-19H,2,5-10,13-14H2,1H3,(H2,28,29,30,31,35)/t18-/m0/s1. The van der Waals surface area contributed by atoms with E-state index in [1.807, 2.05) is 12.1 Å². The summed E-state index contributed by atoms with van der Waals surface area (Å²) < 4.78 is 0. The van der Waals surface area contributed by atoms with Crippen molar-refractivity contribution in [2.45, 2.75) is 44.8 Å². The van der Waals surface area contributed by atoms with Crippen molar-refractivity contribution in [1.29, 1.82) is 5.26 Å². The van der Waals surface area contributed by atoms with E-state index in [4.69, 9.17) is 23.2 Å². The first-order chi connectivity index (χ1) is 16.9. The lowest BCUT2D eigenvalue weighted by atomic mass is 9.97. The molecule has 0 saturated carbocycles. The molecule has 11 heteroatoms. The minimum Gasteiger partial charge on any atom is -0.351 e. The first-order valence-corrected chi connectivity index (χ1v) is 12.8. The Balaban J connectivity index is 1.22. The summed E-state index contributed by atoms with van der Waals surface area (Å²) in [5, 5.41) is 10.4. The van der Waals surface area contributed by atoms with Crippen molar-refractivity contribution >= 4 is 40.3 Å². The van der Waals surface area contributed by atoms with E-state index in [9.17, 15) is 10.1 Å². The van der Waals surface area contributed by atoms with Crippen LogP contribution in [0.1, 0.15) is 37.3 Å². The van der Waals surface area contributed by atoms with Gasteiger partial charge in [-0.1, -0.05) is 36.2 Å². The van der Waals surface area contributed by atoms with E-state index in [1.54, 1.807) is 6.07 Å². The Labute approximate surface area is 213 Å². The number of benzene rings is 1. The molecule has 0 aliphatic carbocycles. The molecule has 1 atom stereocenters. The number of imidazole rings is 1. The van der Waals surface area contributed by atoms with Crippen LogP contribution in [-0.4, -0.2) is 74.5 Å². The Kier molecular flexibility index (Phi) is 6.98. The van der Waals surface area contributed by atoms with Crippen LogP contribution in [0.15, 0.2) is 23.0 Å². The lowest BCUT2D eigenvalue weighted by molar-refractivity contribution is 0.0610. The third-order valence-electron chi connectivity index (χ3n) is 7.21. The number of aromatic nitrogens is 4. The van der Waals surface area contributed by atoms with Crippen molar-refractivity contribution in [2.24, 2.45) is 0 Å². The number of H-pyrrole nitrogens is 2. The van der Waals surface area contributed by atoms with Crippen molar-refractivity contribution in [3.8, 4) is 6.07 Å². The quantitative estimate of drug-likeness (QED) is 0.536. The Morgan fingerprint density at radius 1 is 1.11 bits per heavy atom. The van der Waals surface area contributed by atoms with Crippen LogP contribution < -0.4 is 10.6 Å². The number of hydrogen-bond donors (Lipinski definition) is 2. The van der Waals surface area contributed by atoms with E-state index in [1.165, 1.54) is 0 Å². The maximum atomic E-state index is 11.6. The van der Waals surface area contributed by atoms with E-state index in [0.717, 1.165) is 64.1 Å². The maximum absolute atomic E-state index is 11.6. The summed E-state index contributed by atoms with van der Waals surface area (Å²) in [5.74, 6) is 0.624. The fraction of sp³-hybridized carbons (Fsp3) is 0.500. The molecule has 5 rings (SSSR count). The third kappa shape index (κ3) is 5.02. The average Bonchev–Trinajstić information content (AvgIpc) is 3.23. The molecule has 4 heterocycles. The van der Waals surface area contributed by atoms with Gasteiger partial charge < -0.3 is 4.90 Å². The molecular formula is C24H28Cl2N8O. The molecule has 35 heavy (non-hydrogen) atoms. The Morgan fingerprint density at radius 3 is 2.57 bits per heavy atom. The summed E-state index contributed by atoms with van der Waals surface area (Å²) in [4.78, 5) is 33.0. The van der Waals surface area contributed by atoms with Crippen molar-refractivity contribution in [1.82, 2.24) is 29.7 Å². The molecule has 1 aromatic carbocycles. The van der Waals surface area contributed by atoms with Gasteiger partial charge in [0.05, 0.1) is 11.6 Å². The van der Waals surface area contributed by atoms with Gasteiger partial charge in [0.15, 0.2) is 22.3 Å². The van der Waals surface area contributed by atoms with Crippen molar-refractivity contribution < 1.29 is 0 Å². The number of aromatic amines is 2. The molecule has 2 aliphatic heterocycles. The zero-order valence-corrected chi connectivity index (χ0v) is 21.1. The molecule has 2 saturated heterocycles. The Morgan fingerprint density at radius 2 is 1.86 bits per heavy atom. The predicted molar refractivity (Wildman–Crippen MR) is 137 cm³/mol. The maximum Gasteiger partial charge on any atom is 0.326 e. The fourth-order valence-corrected chi connectivity index (χ4v) is 5.79. The van der Waals surface area contributed by atoms with E-state index in [2.05, 4.69) is 47.6 Å². The molecule has 0 radical (unpaired) electrons. The van der Waals surface area contributed by atoms with Crippen molar-refractivity contribution in [3.05, 3.63) is 50.0 Å². The topological polar surface area (TPSA) is 108 Å². The number of rotatable bonds is 5. The Bertz CT molecular complexity index is 1310. The van der Waals surface area contributed by atoms with Gasteiger partial charge in [-0.25, -0.2) is 14.8 Å². The second-order valence-electron chi connectivity index (χ2n) is 9.28. The first kappa shape index (κ1) is 24.1. The monoisotopic (exact) mass is 514 g/mol. The normalized spacial score (nSPS) is 20.4. The molecule has 0 bridgehead atoms. The molecular weight excluding hydrogens is 487 g/mol. The molecule has 184 valence electrons. The number of likely N-dealkylation sites (tertiary alicyclic amines) is 1. The predicted octanol–water partition coefficient (Wildman–Crippen LogP) is 3.39. The highest BCUT2D eigenvalue weighted by Gasteiger charge is 2.34. The van der Waals surface area contributed by atoms with Gasteiger partial charge in [-0.2, -0.15) is 5.26 Å². The third-order valence-corrected chi connectivity index (χ3v) is 7.70. The van der Waals surface area contributed by atoms with Gasteiger partial charge in [-0.3, -0.25) is 19.8 Å². The number of halogens is 2. The van der Waals surface area contributed by atoms with E-state index < -0.39 is 0 Å². The Hall–Kier alpha value is -2.64. The molecule has 2 N–H and O–H groups in total. The highest BCUT2D eigenvalue weighted by atomic mass is 35.5. The summed E-state index contributed by atoms with van der Waals surface area (Å²) in [6.45, 7) is 7.56.